The quantitative estimate of drug-likeness (QED) is 0.828. The summed E-state index contributed by atoms with van der Waals surface area (Å²) in [6.07, 6.45) is 1.58. The molecule has 0 amide bonds. The molecule has 0 spiro atoms. The van der Waals surface area contributed by atoms with Gasteiger partial charge in [-0.05, 0) is 31.3 Å². The molecule has 2 N–H and O–H groups in total. The van der Waals surface area contributed by atoms with E-state index in [0.717, 1.165) is 0 Å². The first kappa shape index (κ1) is 16.0. The van der Waals surface area contributed by atoms with E-state index in [4.69, 9.17) is 35.4 Å². The van der Waals surface area contributed by atoms with Crippen LogP contribution >= 0.6 is 35.4 Å². The van der Waals surface area contributed by atoms with Gasteiger partial charge in [0.2, 0.25) is 0 Å². The summed E-state index contributed by atoms with van der Waals surface area (Å²) in [5, 5.41) is 11.2. The Kier molecular flexibility index (Phi) is 5.39. The van der Waals surface area contributed by atoms with Crippen molar-refractivity contribution >= 4 is 46.4 Å². The maximum atomic E-state index is 13.7. The molecule has 2 rings (SSSR count). The van der Waals surface area contributed by atoms with Crippen LogP contribution in [0, 0.1) is 5.82 Å². The minimum atomic E-state index is -0.383. The summed E-state index contributed by atoms with van der Waals surface area (Å²) in [6.45, 7) is 2.80. The van der Waals surface area contributed by atoms with Crippen LogP contribution < -0.4 is 10.6 Å². The Hall–Kier alpha value is -1.37. The van der Waals surface area contributed by atoms with Gasteiger partial charge in [0.1, 0.15) is 10.8 Å². The topological polar surface area (TPSA) is 41.9 Å². The molecule has 0 aliphatic carbocycles. The average Bonchev–Trinajstić information content (AvgIpc) is 2.75. The van der Waals surface area contributed by atoms with Gasteiger partial charge >= 0.3 is 0 Å². The van der Waals surface area contributed by atoms with Gasteiger partial charge in [-0.2, -0.15) is 5.10 Å². The van der Waals surface area contributed by atoms with Crippen molar-refractivity contribution in [3.8, 4) is 0 Å². The highest BCUT2D eigenvalue weighted by atomic mass is 35.5. The van der Waals surface area contributed by atoms with Gasteiger partial charge in [0.05, 0.1) is 6.54 Å². The Balaban J connectivity index is 2.17. The van der Waals surface area contributed by atoms with Gasteiger partial charge in [-0.3, -0.25) is 4.68 Å². The van der Waals surface area contributed by atoms with Crippen LogP contribution in [0.15, 0.2) is 24.4 Å². The first-order valence-electron chi connectivity index (χ1n) is 6.22. The highest BCUT2D eigenvalue weighted by Crippen LogP contribution is 2.23. The fourth-order valence-electron chi connectivity index (χ4n) is 1.72. The molecule has 0 aliphatic heterocycles. The van der Waals surface area contributed by atoms with Crippen LogP contribution in [0.4, 0.5) is 10.2 Å². The van der Waals surface area contributed by atoms with Crippen LogP contribution in [0.5, 0.6) is 0 Å². The predicted octanol–water partition coefficient (Wildman–Crippen LogP) is 3.68. The maximum Gasteiger partial charge on any atom is 0.173 e. The van der Waals surface area contributed by atoms with Crippen LogP contribution in [-0.2, 0) is 6.54 Å². The Morgan fingerprint density at radius 3 is 2.81 bits per heavy atom. The van der Waals surface area contributed by atoms with E-state index in [1.54, 1.807) is 18.3 Å². The highest BCUT2D eigenvalue weighted by Gasteiger charge is 2.12. The van der Waals surface area contributed by atoms with Crippen molar-refractivity contribution < 1.29 is 4.39 Å². The Morgan fingerprint density at radius 2 is 2.14 bits per heavy atom. The van der Waals surface area contributed by atoms with Crippen LogP contribution in [0.3, 0.4) is 0 Å². The third-order valence-corrected chi connectivity index (χ3v) is 3.55. The molecule has 4 nitrogen and oxygen atoms in total. The number of anilines is 1. The van der Waals surface area contributed by atoms with Gasteiger partial charge in [-0.25, -0.2) is 4.39 Å². The number of nitrogens with zero attached hydrogens (tertiary/aromatic N) is 2. The predicted molar refractivity (Wildman–Crippen MR) is 87.6 cm³/mol. The summed E-state index contributed by atoms with van der Waals surface area (Å²) in [5.74, 6) is 0.0295. The second kappa shape index (κ2) is 7.06. The standard InChI is InChI=1S/C13H13Cl2FN4S/c1-2-17-13(21)18-12-10(15)7-20(19-12)6-8-9(14)4-3-5-11(8)16/h3-5,7H,2,6H2,1H3,(H2,17,18,19,21). The summed E-state index contributed by atoms with van der Waals surface area (Å²) in [5.41, 5.74) is 0.360. The van der Waals surface area contributed by atoms with Gasteiger partial charge in [-0.15, -0.1) is 0 Å². The lowest BCUT2D eigenvalue weighted by Gasteiger charge is -2.07. The van der Waals surface area contributed by atoms with Gasteiger partial charge in [-0.1, -0.05) is 29.3 Å². The van der Waals surface area contributed by atoms with Crippen molar-refractivity contribution in [2.45, 2.75) is 13.5 Å². The van der Waals surface area contributed by atoms with E-state index in [1.165, 1.54) is 10.7 Å². The molecular weight excluding hydrogens is 334 g/mol. The van der Waals surface area contributed by atoms with Crippen LogP contribution in [0.2, 0.25) is 10.0 Å². The van der Waals surface area contributed by atoms with Crippen molar-refractivity contribution in [1.82, 2.24) is 15.1 Å². The highest BCUT2D eigenvalue weighted by molar-refractivity contribution is 7.80. The van der Waals surface area contributed by atoms with Crippen LogP contribution in [-0.4, -0.2) is 21.4 Å². The number of nitrogens with one attached hydrogen (secondary N) is 2. The van der Waals surface area contributed by atoms with Crippen molar-refractivity contribution in [3.05, 3.63) is 45.8 Å². The second-order valence-corrected chi connectivity index (χ2v) is 5.43. The zero-order chi connectivity index (χ0) is 15.4. The Labute approximate surface area is 137 Å². The third kappa shape index (κ3) is 4.06. The molecule has 8 heteroatoms. The molecule has 0 atom stereocenters. The number of halogens is 3. The molecule has 0 fully saturated rings. The summed E-state index contributed by atoms with van der Waals surface area (Å²) >= 11 is 17.1. The molecule has 0 aliphatic rings. The Bertz CT molecular complexity index is 639. The van der Waals surface area contributed by atoms with Crippen molar-refractivity contribution in [2.24, 2.45) is 0 Å². The molecule has 1 aromatic heterocycles. The monoisotopic (exact) mass is 346 g/mol. The Morgan fingerprint density at radius 1 is 1.38 bits per heavy atom. The van der Waals surface area contributed by atoms with E-state index < -0.39 is 0 Å². The molecule has 1 aromatic carbocycles. The molecule has 1 heterocycles. The fraction of sp³-hybridized carbons (Fsp3) is 0.231. The first-order valence-corrected chi connectivity index (χ1v) is 7.38. The SMILES string of the molecule is CCNC(=S)Nc1nn(Cc2c(F)cccc2Cl)cc1Cl. The van der Waals surface area contributed by atoms with Crippen LogP contribution in [0.25, 0.3) is 0 Å². The minimum absolute atomic E-state index is 0.181. The number of rotatable bonds is 4. The van der Waals surface area contributed by atoms with Gasteiger partial charge < -0.3 is 10.6 Å². The van der Waals surface area contributed by atoms with E-state index in [-0.39, 0.29) is 12.4 Å². The lowest BCUT2D eigenvalue weighted by Crippen LogP contribution is -2.28. The molecule has 0 bridgehead atoms. The van der Waals surface area contributed by atoms with E-state index >= 15 is 0 Å². The summed E-state index contributed by atoms with van der Waals surface area (Å²) in [7, 11) is 0. The van der Waals surface area contributed by atoms with Gasteiger partial charge in [0.15, 0.2) is 10.9 Å². The van der Waals surface area contributed by atoms with E-state index in [2.05, 4.69) is 15.7 Å². The van der Waals surface area contributed by atoms with E-state index in [0.29, 0.717) is 33.1 Å². The normalized spacial score (nSPS) is 10.5. The molecule has 2 aromatic rings. The molecule has 0 unspecified atom stereocenters. The summed E-state index contributed by atoms with van der Waals surface area (Å²) in [6, 6.07) is 4.54. The van der Waals surface area contributed by atoms with E-state index in [1.807, 2.05) is 6.92 Å². The molecule has 0 saturated heterocycles. The molecule has 0 saturated carbocycles. The van der Waals surface area contributed by atoms with E-state index in [9.17, 15) is 4.39 Å². The summed E-state index contributed by atoms with van der Waals surface area (Å²) in [4.78, 5) is 0. The minimum Gasteiger partial charge on any atom is -0.363 e. The van der Waals surface area contributed by atoms with Crippen LogP contribution in [0.1, 0.15) is 12.5 Å². The number of hydrogen-bond acceptors (Lipinski definition) is 2. The lowest BCUT2D eigenvalue weighted by atomic mass is 10.2. The van der Waals surface area contributed by atoms with Gasteiger partial charge in [0.25, 0.3) is 0 Å². The summed E-state index contributed by atoms with van der Waals surface area (Å²) < 4.78 is 15.3. The number of benzene rings is 1. The molecular formula is C13H13Cl2FN4S. The first-order chi connectivity index (χ1) is 10.0. The lowest BCUT2D eigenvalue weighted by molar-refractivity contribution is 0.586. The van der Waals surface area contributed by atoms with Crippen molar-refractivity contribution in [3.63, 3.8) is 0 Å². The van der Waals surface area contributed by atoms with Crippen molar-refractivity contribution in [1.29, 1.82) is 0 Å². The molecule has 21 heavy (non-hydrogen) atoms. The fourth-order valence-corrected chi connectivity index (χ4v) is 2.38. The number of aromatic nitrogens is 2. The molecule has 0 radical (unpaired) electrons. The van der Waals surface area contributed by atoms with Gasteiger partial charge in [0, 0.05) is 23.3 Å². The van der Waals surface area contributed by atoms with Crippen molar-refractivity contribution in [2.75, 3.05) is 11.9 Å². The smallest absolute Gasteiger partial charge is 0.173 e. The zero-order valence-corrected chi connectivity index (χ0v) is 13.5. The largest absolute Gasteiger partial charge is 0.363 e. The number of hydrogen-bond donors (Lipinski definition) is 2. The average molecular weight is 347 g/mol. The zero-order valence-electron chi connectivity index (χ0n) is 11.2. The third-order valence-electron chi connectivity index (χ3n) is 2.67. The second-order valence-electron chi connectivity index (χ2n) is 4.21. The maximum absolute atomic E-state index is 13.7. The molecule has 112 valence electrons. The number of thiocarbonyl (C=S) groups is 1.